The van der Waals surface area contributed by atoms with Crippen LogP contribution in [0.5, 0.6) is 0 Å². The molecule has 176 valence electrons. The number of fused-ring (bicyclic) bond motifs is 1. The molecular formula is C22H23F3N8O+2. The molecule has 34 heavy (non-hydrogen) atoms. The minimum absolute atomic E-state index is 0.0258. The van der Waals surface area contributed by atoms with Crippen molar-refractivity contribution in [2.24, 2.45) is 0 Å². The van der Waals surface area contributed by atoms with Gasteiger partial charge in [0.15, 0.2) is 0 Å². The second-order valence-corrected chi connectivity index (χ2v) is 8.34. The van der Waals surface area contributed by atoms with Crippen molar-refractivity contribution in [2.75, 3.05) is 6.54 Å². The summed E-state index contributed by atoms with van der Waals surface area (Å²) in [6.45, 7) is 3.06. The fourth-order valence-corrected chi connectivity index (χ4v) is 4.39. The van der Waals surface area contributed by atoms with E-state index in [1.165, 1.54) is 41.9 Å². The van der Waals surface area contributed by atoms with E-state index in [0.717, 1.165) is 12.1 Å². The molecule has 1 aromatic carbocycles. The first-order valence-electron chi connectivity index (χ1n) is 10.7. The molecule has 9 nitrogen and oxygen atoms in total. The predicted molar refractivity (Wildman–Crippen MR) is 111 cm³/mol. The van der Waals surface area contributed by atoms with E-state index in [9.17, 15) is 18.3 Å². The molecule has 0 saturated carbocycles. The summed E-state index contributed by atoms with van der Waals surface area (Å²) in [6.07, 6.45) is 5.69. The molecule has 0 radical (unpaired) electrons. The third-order valence-electron chi connectivity index (χ3n) is 6.32. The van der Waals surface area contributed by atoms with Crippen molar-refractivity contribution < 1.29 is 27.6 Å². The van der Waals surface area contributed by atoms with Crippen molar-refractivity contribution in [3.8, 4) is 11.4 Å². The average Bonchev–Trinajstić information content (AvgIpc) is 3.47. The molecule has 0 unspecified atom stereocenters. The summed E-state index contributed by atoms with van der Waals surface area (Å²) in [5.74, 6) is -1.02. The number of halogens is 3. The second-order valence-electron chi connectivity index (χ2n) is 8.34. The van der Waals surface area contributed by atoms with Gasteiger partial charge in [-0.3, -0.25) is 9.88 Å². The zero-order chi connectivity index (χ0) is 23.9. The number of rotatable bonds is 6. The Morgan fingerprint density at radius 2 is 2.06 bits per heavy atom. The number of nitrogens with one attached hydrogen (secondary N) is 2. The predicted octanol–water partition coefficient (Wildman–Crippen LogP) is 0.979. The van der Waals surface area contributed by atoms with Gasteiger partial charge in [-0.15, -0.1) is 0 Å². The normalized spacial score (nSPS) is 16.7. The first kappa shape index (κ1) is 22.2. The van der Waals surface area contributed by atoms with Crippen LogP contribution in [-0.4, -0.2) is 47.7 Å². The fraction of sp³-hybridized carbons (Fsp3) is 0.318. The minimum Gasteiger partial charge on any atom is -0.379 e. The molecule has 0 fully saturated rings. The topological polar surface area (TPSA) is 101 Å². The van der Waals surface area contributed by atoms with Crippen molar-refractivity contribution in [1.82, 2.24) is 30.0 Å². The van der Waals surface area contributed by atoms with Crippen LogP contribution in [0.25, 0.3) is 11.4 Å². The Labute approximate surface area is 192 Å². The maximum atomic E-state index is 14.9. The van der Waals surface area contributed by atoms with Crippen LogP contribution in [0.1, 0.15) is 18.3 Å². The van der Waals surface area contributed by atoms with Gasteiger partial charge in [0.1, 0.15) is 48.3 Å². The lowest BCUT2D eigenvalue weighted by molar-refractivity contribution is -0.768. The molecule has 5 rings (SSSR count). The number of benzene rings is 1. The van der Waals surface area contributed by atoms with Gasteiger partial charge in [0.2, 0.25) is 6.33 Å². The van der Waals surface area contributed by atoms with Gasteiger partial charge >= 0.3 is 12.2 Å². The number of aliphatic hydroxyl groups is 1. The molecule has 4 heterocycles. The minimum atomic E-state index is -1.73. The largest absolute Gasteiger partial charge is 0.379 e. The van der Waals surface area contributed by atoms with Crippen LogP contribution in [0.2, 0.25) is 0 Å². The molecule has 2 atom stereocenters. The van der Waals surface area contributed by atoms with E-state index < -0.39 is 29.1 Å². The van der Waals surface area contributed by atoms with Gasteiger partial charge in [0, 0.05) is 36.6 Å². The number of hydrogen-bond acceptors (Lipinski definition) is 5. The van der Waals surface area contributed by atoms with Crippen LogP contribution in [0, 0.1) is 17.5 Å². The Balaban J connectivity index is 1.47. The first-order valence-corrected chi connectivity index (χ1v) is 10.7. The molecule has 0 spiro atoms. The van der Waals surface area contributed by atoms with Crippen molar-refractivity contribution in [3.63, 3.8) is 0 Å². The zero-order valence-corrected chi connectivity index (χ0v) is 18.3. The van der Waals surface area contributed by atoms with Gasteiger partial charge in [-0.25, -0.2) is 13.2 Å². The number of nitrogens with zero attached hydrogens (tertiary/aromatic N) is 6. The van der Waals surface area contributed by atoms with E-state index in [0.29, 0.717) is 31.3 Å². The standard InChI is InChI=1S/C22H21F3N8O/c1-14(22(34,11-32-13-27-12-28-32)17-3-2-15(23)8-19(17)25)31-6-7-33-20(10-31)29-21(30-33)16-9-26-5-4-18(16)24/h2-5,8-9,12-14,34H,6-7,10-11H2,1H3/p+2/t14-,22-/m1/s1. The van der Waals surface area contributed by atoms with Crippen molar-refractivity contribution in [2.45, 2.75) is 38.2 Å². The summed E-state index contributed by atoms with van der Waals surface area (Å²) in [6, 6.07) is 3.81. The van der Waals surface area contributed by atoms with Crippen LogP contribution in [0.3, 0.4) is 0 Å². The molecular weight excluding hydrogens is 449 g/mol. The lowest BCUT2D eigenvalue weighted by Gasteiger charge is -2.40. The number of pyridine rings is 1. The highest BCUT2D eigenvalue weighted by molar-refractivity contribution is 5.53. The van der Waals surface area contributed by atoms with Gasteiger partial charge in [0.05, 0.1) is 0 Å². The van der Waals surface area contributed by atoms with Crippen LogP contribution >= 0.6 is 0 Å². The van der Waals surface area contributed by atoms with Gasteiger partial charge < -0.3 is 5.11 Å². The highest BCUT2D eigenvalue weighted by Gasteiger charge is 2.45. The number of hydrogen-bond donors (Lipinski definition) is 3. The van der Waals surface area contributed by atoms with E-state index in [2.05, 4.69) is 25.1 Å². The Morgan fingerprint density at radius 1 is 1.21 bits per heavy atom. The molecule has 0 bridgehead atoms. The van der Waals surface area contributed by atoms with E-state index in [-0.39, 0.29) is 17.7 Å². The van der Waals surface area contributed by atoms with Crippen LogP contribution in [-0.2, 0) is 25.2 Å². The highest BCUT2D eigenvalue weighted by atomic mass is 19.1. The summed E-state index contributed by atoms with van der Waals surface area (Å²) < 4.78 is 46.0. The Bertz CT molecular complexity index is 1310. The maximum Gasteiger partial charge on any atom is 0.333 e. The molecule has 0 aliphatic carbocycles. The highest BCUT2D eigenvalue weighted by Crippen LogP contribution is 2.32. The van der Waals surface area contributed by atoms with Crippen molar-refractivity contribution in [1.29, 1.82) is 0 Å². The third-order valence-corrected chi connectivity index (χ3v) is 6.32. The van der Waals surface area contributed by atoms with Crippen LogP contribution in [0.4, 0.5) is 13.2 Å². The van der Waals surface area contributed by atoms with Gasteiger partial charge in [-0.2, -0.15) is 19.6 Å². The summed E-state index contributed by atoms with van der Waals surface area (Å²) in [4.78, 5) is 14.4. The SMILES string of the molecule is C[C@@H](N1CC[n+]2[nH]c(-c3cnccc3F)nc2C1)[C@](O)(C[n+]1cnc[nH]1)c1ccc(F)cc1F. The molecule has 4 aromatic rings. The quantitative estimate of drug-likeness (QED) is 0.363. The van der Waals surface area contributed by atoms with Crippen molar-refractivity contribution in [3.05, 3.63) is 78.2 Å². The van der Waals surface area contributed by atoms with Crippen LogP contribution < -0.4 is 9.36 Å². The first-order chi connectivity index (χ1) is 16.3. The third kappa shape index (κ3) is 3.94. The fourth-order valence-electron chi connectivity index (χ4n) is 4.39. The summed E-state index contributed by atoms with van der Waals surface area (Å²) >= 11 is 0. The van der Waals surface area contributed by atoms with E-state index in [4.69, 9.17) is 0 Å². The number of aromatic amines is 2. The van der Waals surface area contributed by atoms with E-state index in [1.54, 1.807) is 6.92 Å². The zero-order valence-electron chi connectivity index (χ0n) is 18.3. The summed E-state index contributed by atoms with van der Waals surface area (Å²) in [7, 11) is 0. The lowest BCUT2D eigenvalue weighted by Crippen LogP contribution is -2.61. The van der Waals surface area contributed by atoms with Gasteiger partial charge in [-0.05, 0) is 29.0 Å². The molecule has 0 saturated heterocycles. The molecule has 3 N–H and O–H groups in total. The smallest absolute Gasteiger partial charge is 0.333 e. The number of aromatic nitrogens is 7. The number of H-pyrrole nitrogens is 2. The summed E-state index contributed by atoms with van der Waals surface area (Å²) in [5.41, 5.74) is -1.50. The Hall–Kier alpha value is -3.64. The molecule has 3 aromatic heterocycles. The molecule has 1 aliphatic heterocycles. The Morgan fingerprint density at radius 3 is 2.79 bits per heavy atom. The molecule has 12 heteroatoms. The molecule has 0 amide bonds. The maximum absolute atomic E-state index is 14.9. The van der Waals surface area contributed by atoms with Gasteiger partial charge in [0.25, 0.3) is 5.82 Å². The molecule has 1 aliphatic rings. The second kappa shape index (κ2) is 8.61. The average molecular weight is 472 g/mol. The Kier molecular flexibility index (Phi) is 5.62. The monoisotopic (exact) mass is 472 g/mol. The summed E-state index contributed by atoms with van der Waals surface area (Å²) in [5, 5.41) is 17.8. The van der Waals surface area contributed by atoms with Crippen LogP contribution in [0.15, 0.2) is 49.3 Å². The van der Waals surface area contributed by atoms with Crippen molar-refractivity contribution >= 4 is 0 Å². The lowest BCUT2D eigenvalue weighted by atomic mass is 9.85. The van der Waals surface area contributed by atoms with Gasteiger partial charge in [-0.1, -0.05) is 6.07 Å². The van der Waals surface area contributed by atoms with E-state index >= 15 is 0 Å². The van der Waals surface area contributed by atoms with E-state index in [1.807, 2.05) is 9.58 Å².